The van der Waals surface area contributed by atoms with Gasteiger partial charge in [-0.05, 0) is 46.3 Å². The third kappa shape index (κ3) is 2.55. The number of nitrogens with zero attached hydrogens (tertiary/aromatic N) is 3. The number of carbonyl (C=O) groups excluding carboxylic acids is 1. The molecule has 2 aromatic carbocycles. The second-order valence-electron chi connectivity index (χ2n) is 6.22. The van der Waals surface area contributed by atoms with Crippen molar-refractivity contribution in [1.82, 2.24) is 9.47 Å². The molecule has 4 nitrogen and oxygen atoms in total. The molecule has 2 heterocycles. The Kier molecular flexibility index (Phi) is 3.88. The predicted molar refractivity (Wildman–Crippen MR) is 103 cm³/mol. The van der Waals surface area contributed by atoms with Crippen LogP contribution in [-0.4, -0.2) is 29.5 Å². The number of anilines is 1. The molecule has 0 saturated carbocycles. The third-order valence-electron chi connectivity index (χ3n) is 4.71. The Labute approximate surface area is 155 Å². The predicted octanol–water partition coefficient (Wildman–Crippen LogP) is 4.46. The molecule has 0 bridgehead atoms. The molecule has 0 aliphatic carbocycles. The quantitative estimate of drug-likeness (QED) is 0.640. The first-order chi connectivity index (χ1) is 12.1. The van der Waals surface area contributed by atoms with Crippen LogP contribution >= 0.6 is 15.9 Å². The van der Waals surface area contributed by atoms with Crippen LogP contribution in [0.3, 0.4) is 0 Å². The Morgan fingerprint density at radius 3 is 2.32 bits per heavy atom. The molecule has 25 heavy (non-hydrogen) atoms. The molecule has 5 heteroatoms. The fourth-order valence-electron chi connectivity index (χ4n) is 3.48. The van der Waals surface area contributed by atoms with Crippen molar-refractivity contribution in [3.05, 3.63) is 82.6 Å². The molecule has 1 amide bonds. The highest BCUT2D eigenvalue weighted by Crippen LogP contribution is 2.37. The van der Waals surface area contributed by atoms with Crippen LogP contribution in [0.15, 0.2) is 71.5 Å². The van der Waals surface area contributed by atoms with Crippen LogP contribution in [0.2, 0.25) is 0 Å². The van der Waals surface area contributed by atoms with Gasteiger partial charge in [0.05, 0.1) is 16.9 Å². The summed E-state index contributed by atoms with van der Waals surface area (Å²) in [7, 11) is 3.89. The average molecular weight is 396 g/mol. The van der Waals surface area contributed by atoms with Crippen LogP contribution in [0.5, 0.6) is 0 Å². The lowest BCUT2D eigenvalue weighted by Crippen LogP contribution is -2.45. The molecule has 0 N–H and O–H groups in total. The number of hydrogen-bond acceptors (Lipinski definition) is 2. The van der Waals surface area contributed by atoms with Crippen molar-refractivity contribution in [1.29, 1.82) is 0 Å². The molecule has 1 atom stereocenters. The summed E-state index contributed by atoms with van der Waals surface area (Å²) in [5.41, 5.74) is 3.85. The summed E-state index contributed by atoms with van der Waals surface area (Å²) in [6.45, 7) is 0. The highest BCUT2D eigenvalue weighted by Gasteiger charge is 2.34. The van der Waals surface area contributed by atoms with Crippen molar-refractivity contribution >= 4 is 27.5 Å². The van der Waals surface area contributed by atoms with Gasteiger partial charge >= 0.3 is 0 Å². The number of amides is 1. The minimum atomic E-state index is -0.133. The summed E-state index contributed by atoms with van der Waals surface area (Å²) in [5.74, 6) is 0.0485. The van der Waals surface area contributed by atoms with Crippen LogP contribution in [0.25, 0.3) is 5.69 Å². The zero-order valence-corrected chi connectivity index (χ0v) is 15.6. The number of aromatic nitrogens is 1. The van der Waals surface area contributed by atoms with E-state index >= 15 is 0 Å². The van der Waals surface area contributed by atoms with E-state index in [1.54, 1.807) is 4.90 Å². The largest absolute Gasteiger partial charge is 0.350 e. The summed E-state index contributed by atoms with van der Waals surface area (Å²) >= 11 is 3.60. The lowest BCUT2D eigenvalue weighted by atomic mass is 10.0. The number of fused-ring (bicyclic) bond motifs is 1. The van der Waals surface area contributed by atoms with Gasteiger partial charge in [0, 0.05) is 36.5 Å². The zero-order valence-electron chi connectivity index (χ0n) is 14.1. The third-order valence-corrected chi connectivity index (χ3v) is 5.38. The van der Waals surface area contributed by atoms with Crippen molar-refractivity contribution in [3.63, 3.8) is 0 Å². The van der Waals surface area contributed by atoms with Gasteiger partial charge in [-0.1, -0.05) is 24.3 Å². The fraction of sp³-hybridized carbons (Fsp3) is 0.150. The number of halogens is 1. The second kappa shape index (κ2) is 6.08. The molecule has 0 spiro atoms. The van der Waals surface area contributed by atoms with E-state index in [-0.39, 0.29) is 12.1 Å². The van der Waals surface area contributed by atoms with E-state index in [0.29, 0.717) is 0 Å². The Balaban J connectivity index is 1.76. The number of benzene rings is 2. The van der Waals surface area contributed by atoms with Crippen LogP contribution < -0.4 is 4.90 Å². The van der Waals surface area contributed by atoms with E-state index in [2.05, 4.69) is 43.7 Å². The lowest BCUT2D eigenvalue weighted by Gasteiger charge is -2.41. The van der Waals surface area contributed by atoms with Gasteiger partial charge in [0.25, 0.3) is 5.91 Å². The Morgan fingerprint density at radius 2 is 1.56 bits per heavy atom. The molecule has 0 radical (unpaired) electrons. The summed E-state index contributed by atoms with van der Waals surface area (Å²) in [5, 5.41) is 0. The van der Waals surface area contributed by atoms with Gasteiger partial charge in [-0.3, -0.25) is 4.79 Å². The van der Waals surface area contributed by atoms with E-state index in [4.69, 9.17) is 0 Å². The van der Waals surface area contributed by atoms with E-state index in [1.807, 2.05) is 62.8 Å². The fourth-order valence-corrected chi connectivity index (χ4v) is 3.97. The SMILES string of the molecule is CN1C(=O)c2ccccc2N(C)[C@@H]1c1ccn(-c2ccccc2Br)c1. The van der Waals surface area contributed by atoms with Crippen molar-refractivity contribution < 1.29 is 4.79 Å². The summed E-state index contributed by atoms with van der Waals surface area (Å²) < 4.78 is 3.11. The monoisotopic (exact) mass is 395 g/mol. The molecule has 3 aromatic rings. The van der Waals surface area contributed by atoms with Crippen molar-refractivity contribution in [3.8, 4) is 5.69 Å². The standard InChI is InChI=1S/C20H18BrN3O/c1-22-17-9-5-3-7-15(17)20(25)23(2)19(22)14-11-12-24(13-14)18-10-6-4-8-16(18)21/h3-13,19H,1-2H3/t19-/m0/s1. The van der Waals surface area contributed by atoms with E-state index in [0.717, 1.165) is 27.0 Å². The number of para-hydroxylation sites is 2. The van der Waals surface area contributed by atoms with E-state index < -0.39 is 0 Å². The molecule has 1 aliphatic heterocycles. The van der Waals surface area contributed by atoms with Gasteiger partial charge in [0.15, 0.2) is 0 Å². The highest BCUT2D eigenvalue weighted by atomic mass is 79.9. The van der Waals surface area contributed by atoms with Gasteiger partial charge in [0.1, 0.15) is 6.17 Å². The Morgan fingerprint density at radius 1 is 0.880 bits per heavy atom. The van der Waals surface area contributed by atoms with E-state index in [1.165, 1.54) is 0 Å². The molecular weight excluding hydrogens is 378 g/mol. The molecule has 0 unspecified atom stereocenters. The lowest BCUT2D eigenvalue weighted by molar-refractivity contribution is 0.0711. The maximum absolute atomic E-state index is 12.8. The van der Waals surface area contributed by atoms with Crippen LogP contribution in [0.4, 0.5) is 5.69 Å². The van der Waals surface area contributed by atoms with Crippen LogP contribution in [-0.2, 0) is 0 Å². The first kappa shape index (κ1) is 16.0. The summed E-state index contributed by atoms with van der Waals surface area (Å²) in [6.07, 6.45) is 3.98. The maximum atomic E-state index is 12.8. The smallest absolute Gasteiger partial charge is 0.257 e. The Hall–Kier alpha value is -2.53. The molecular formula is C20H18BrN3O. The highest BCUT2D eigenvalue weighted by molar-refractivity contribution is 9.10. The molecule has 0 saturated heterocycles. The molecule has 0 fully saturated rings. The normalized spacial score (nSPS) is 16.9. The first-order valence-corrected chi connectivity index (χ1v) is 8.89. The molecule has 126 valence electrons. The Bertz CT molecular complexity index is 949. The van der Waals surface area contributed by atoms with Crippen LogP contribution in [0.1, 0.15) is 22.1 Å². The number of hydrogen-bond donors (Lipinski definition) is 0. The van der Waals surface area contributed by atoms with Crippen molar-refractivity contribution in [2.45, 2.75) is 6.17 Å². The van der Waals surface area contributed by atoms with Gasteiger partial charge in [-0.2, -0.15) is 0 Å². The average Bonchev–Trinajstić information content (AvgIpc) is 3.10. The molecule has 4 rings (SSSR count). The van der Waals surface area contributed by atoms with Gasteiger partial charge in [-0.15, -0.1) is 0 Å². The topological polar surface area (TPSA) is 28.5 Å². The molecule has 1 aliphatic rings. The minimum absolute atomic E-state index is 0.0485. The molecule has 1 aromatic heterocycles. The maximum Gasteiger partial charge on any atom is 0.257 e. The van der Waals surface area contributed by atoms with Gasteiger partial charge in [-0.25, -0.2) is 0 Å². The number of rotatable bonds is 2. The van der Waals surface area contributed by atoms with Crippen LogP contribution in [0, 0.1) is 0 Å². The van der Waals surface area contributed by atoms with Gasteiger partial charge in [0.2, 0.25) is 0 Å². The zero-order chi connectivity index (χ0) is 17.6. The second-order valence-corrected chi connectivity index (χ2v) is 7.08. The first-order valence-electron chi connectivity index (χ1n) is 8.10. The van der Waals surface area contributed by atoms with E-state index in [9.17, 15) is 4.79 Å². The van der Waals surface area contributed by atoms with Gasteiger partial charge < -0.3 is 14.4 Å². The summed E-state index contributed by atoms with van der Waals surface area (Å²) in [4.78, 5) is 16.7. The van der Waals surface area contributed by atoms with Crippen molar-refractivity contribution in [2.75, 3.05) is 19.0 Å². The minimum Gasteiger partial charge on any atom is -0.350 e. The number of carbonyl (C=O) groups is 1. The summed E-state index contributed by atoms with van der Waals surface area (Å²) in [6, 6.07) is 17.9. The van der Waals surface area contributed by atoms with Crippen molar-refractivity contribution in [2.24, 2.45) is 0 Å².